The molecule has 4 saturated heterocycles. The van der Waals surface area contributed by atoms with E-state index in [2.05, 4.69) is 80.1 Å². The van der Waals surface area contributed by atoms with Crippen molar-refractivity contribution in [2.24, 2.45) is 11.8 Å². The number of carboxylic acids is 1. The molecule has 7 N–H and O–H groups in total. The maximum absolute atomic E-state index is 18.2. The van der Waals surface area contributed by atoms with Gasteiger partial charge in [-0.15, -0.1) is 0 Å². The molecule has 11 aromatic rings. The Hall–Kier alpha value is -11.4. The number of amides is 2. The van der Waals surface area contributed by atoms with Gasteiger partial charge in [-0.2, -0.15) is 9.97 Å². The Morgan fingerprint density at radius 2 is 0.930 bits per heavy atom. The highest BCUT2D eigenvalue weighted by atomic mass is 31.2. The zero-order chi connectivity index (χ0) is 92.5. The number of rotatable bonds is 33. The number of aliphatic hydroxyl groups is 2. The highest BCUT2D eigenvalue weighted by Crippen LogP contribution is 2.63. The minimum atomic E-state index is -3.48. The van der Waals surface area contributed by atoms with Crippen LogP contribution in [-0.2, 0) is 70.8 Å². The quantitative estimate of drug-likeness (QED) is 0.00563. The number of aliphatic carboxylic acids is 1. The largest absolute Gasteiger partial charge is 0.497 e. The number of fused-ring (bicyclic) bond motifs is 4. The van der Waals surface area contributed by atoms with Crippen LogP contribution >= 0.6 is 15.6 Å². The minimum Gasteiger partial charge on any atom is -0.497 e. The number of anilines is 2. The van der Waals surface area contributed by atoms with Gasteiger partial charge in [0, 0.05) is 18.8 Å². The number of ether oxygens (including phenoxy) is 7. The zero-order valence-electron chi connectivity index (χ0n) is 69.8. The Kier molecular flexibility index (Phi) is 30.4. The van der Waals surface area contributed by atoms with Crippen LogP contribution in [0.3, 0.4) is 0 Å². The monoisotopic (exact) mass is 1830 g/mol. The van der Waals surface area contributed by atoms with Gasteiger partial charge in [-0.25, -0.2) is 97.7 Å². The Balaban J connectivity index is 0.000000225. The average molecular weight is 1830 g/mol. The molecule has 2 amide bonds. The fraction of sp³-hybridized carbons (Fsp3) is 0.463. The van der Waals surface area contributed by atoms with Gasteiger partial charge in [0.2, 0.25) is 67.6 Å². The molecule has 0 radical (unpaired) electrons. The van der Waals surface area contributed by atoms with Crippen LogP contribution in [0.15, 0.2) is 126 Å². The molecule has 3 aromatic carbocycles. The minimum absolute atomic E-state index is 0.0251. The summed E-state index contributed by atoms with van der Waals surface area (Å²) in [4.78, 5) is 114. The van der Waals surface area contributed by atoms with Crippen molar-refractivity contribution in [3.63, 3.8) is 0 Å². The molecule has 41 nitrogen and oxygen atoms in total. The van der Waals surface area contributed by atoms with Crippen molar-refractivity contribution in [3.8, 4) is 11.5 Å². The molecule has 4 aliphatic heterocycles. The molecule has 129 heavy (non-hydrogen) atoms. The van der Waals surface area contributed by atoms with Gasteiger partial charge in [0.05, 0.1) is 63.6 Å². The van der Waals surface area contributed by atoms with E-state index in [1.165, 1.54) is 45.3 Å². The summed E-state index contributed by atoms with van der Waals surface area (Å²) in [6.07, 6.45) is -15.3. The van der Waals surface area contributed by atoms with Crippen LogP contribution in [0.5, 0.6) is 11.5 Å². The number of nitrogens with zero attached hydrogens (tertiary/aromatic N) is 16. The van der Waals surface area contributed by atoms with Crippen molar-refractivity contribution in [1.29, 1.82) is 0 Å². The lowest BCUT2D eigenvalue weighted by Gasteiger charge is -2.39. The summed E-state index contributed by atoms with van der Waals surface area (Å²) in [7, 11) is -6.01. The Labute approximate surface area is 736 Å². The SMILES string of the molecule is CC(=O)O.[BH3-][P+](OCC[N+]#[C-])(OC[C@H]1O[C@@H](n2cnc3c(C)ncnc32)[C@@H](F)C1O)OC1[C@@H](CO)O[C@@H](n2cnc3c(=O)[nH]c(NC(=O)C(C)C)nc32)[C@H]1F.[BH3-][P+](OCC[N+]#[C-])(OC[C@H]1O[C@@H](n2cnc3c(C)ncnc32)[C@@H](F)C1OC(c1ccccc1)(c1ccc(OC)cc1)c1ccc(OC)cc1)OC1[C@@H](CC)O[C@@H](n2cnc3c(=O)[nH]c(NC(=O)C(C)C)nc32)[C@H]1F. The maximum Gasteiger partial charge on any atom is 0.300 e. The first-order chi connectivity index (χ1) is 61.8. The highest BCUT2D eigenvalue weighted by molar-refractivity contribution is 7.86. The molecule has 6 unspecified atom stereocenters. The molecule has 8 aromatic heterocycles. The molecule has 0 aliphatic carbocycles. The predicted molar refractivity (Wildman–Crippen MR) is 463 cm³/mol. The third-order valence-corrected chi connectivity index (χ3v) is 23.0. The molecule has 4 aliphatic rings. The predicted octanol–water partition coefficient (Wildman–Crippen LogP) is 6.68. The van der Waals surface area contributed by atoms with E-state index in [1.807, 2.05) is 54.6 Å². The number of benzene rings is 3. The van der Waals surface area contributed by atoms with Crippen LogP contribution in [0, 0.1) is 38.8 Å². The lowest BCUT2D eigenvalue weighted by Crippen LogP contribution is -2.44. The highest BCUT2D eigenvalue weighted by Gasteiger charge is 2.58. The van der Waals surface area contributed by atoms with Crippen molar-refractivity contribution >= 4 is 105 Å². The first-order valence-corrected chi connectivity index (χ1v) is 42.0. The molecule has 686 valence electrons. The summed E-state index contributed by atoms with van der Waals surface area (Å²) in [6.45, 7) is 26.0. The molecule has 18 atom stereocenters. The number of aromatic nitrogens is 16. The van der Waals surface area contributed by atoms with Crippen molar-refractivity contribution in [2.45, 2.75) is 166 Å². The summed E-state index contributed by atoms with van der Waals surface area (Å²) in [5.41, 5.74) is 1.45. The number of nitrogens with one attached hydrogen (secondary N) is 4. The van der Waals surface area contributed by atoms with E-state index < -0.39 is 189 Å². The van der Waals surface area contributed by atoms with E-state index in [-0.39, 0.29) is 73.6 Å². The number of aliphatic hydroxyl groups excluding tert-OH is 2. The third-order valence-electron chi connectivity index (χ3n) is 20.6. The number of hydrogen-bond donors (Lipinski definition) is 7. The number of carboxylic acid groups (broad SMARTS) is 1. The molecule has 0 spiro atoms. The molecule has 4 fully saturated rings. The molecule has 15 rings (SSSR count). The molecule has 0 bridgehead atoms. The van der Waals surface area contributed by atoms with Gasteiger partial charge in [0.1, 0.15) is 84.5 Å². The lowest BCUT2D eigenvalue weighted by molar-refractivity contribution is -0.134. The van der Waals surface area contributed by atoms with Crippen molar-refractivity contribution in [3.05, 3.63) is 188 Å². The van der Waals surface area contributed by atoms with Gasteiger partial charge in [-0.05, 0) is 61.2 Å². The van der Waals surface area contributed by atoms with Crippen molar-refractivity contribution < 1.29 is 108 Å². The van der Waals surface area contributed by atoms with Crippen LogP contribution < -0.4 is 31.2 Å². The van der Waals surface area contributed by atoms with Gasteiger partial charge < -0.3 is 58.2 Å². The molecule has 49 heteroatoms. The average Bonchev–Trinajstić information content (AvgIpc) is 1.32. The number of hydrogen-bond acceptors (Lipinski definition) is 30. The lowest BCUT2D eigenvalue weighted by atomic mass is 9.79. The van der Waals surface area contributed by atoms with Crippen LogP contribution in [0.25, 0.3) is 54.3 Å². The van der Waals surface area contributed by atoms with Gasteiger partial charge in [0.15, 0.2) is 109 Å². The van der Waals surface area contributed by atoms with Gasteiger partial charge in [-0.3, -0.25) is 62.8 Å². The van der Waals surface area contributed by atoms with E-state index >= 15 is 17.6 Å². The Bertz CT molecular complexity index is 5930. The number of methoxy groups -OCH3 is 2. The van der Waals surface area contributed by atoms with E-state index in [0.717, 1.165) is 17.8 Å². The number of imidazole rings is 4. The van der Waals surface area contributed by atoms with Crippen LogP contribution in [0.4, 0.5) is 29.5 Å². The van der Waals surface area contributed by atoms with Gasteiger partial charge in [-0.1, -0.05) is 89.2 Å². The normalized spacial score (nSPS) is 24.2. The number of H-pyrrole nitrogens is 2. The molecular formula is C80H96B2F4N20O21P2. The first-order valence-electron chi connectivity index (χ1n) is 39.8. The summed E-state index contributed by atoms with van der Waals surface area (Å²) in [5.74, 6) is -1.62. The van der Waals surface area contributed by atoms with Crippen LogP contribution in [0.2, 0.25) is 0 Å². The number of aryl methyl sites for hydroxylation is 2. The topological polar surface area (TPSA) is 479 Å². The number of aromatic amines is 2. The summed E-state index contributed by atoms with van der Waals surface area (Å²) < 4.78 is 154. The zero-order valence-corrected chi connectivity index (χ0v) is 71.6. The third kappa shape index (κ3) is 20.5. The summed E-state index contributed by atoms with van der Waals surface area (Å²) in [6, 6.07) is 24.1. The van der Waals surface area contributed by atoms with E-state index in [4.69, 9.17) is 83.3 Å². The Morgan fingerprint density at radius 1 is 0.550 bits per heavy atom. The van der Waals surface area contributed by atoms with Gasteiger partial charge >= 0.3 is 0 Å². The van der Waals surface area contributed by atoms with Crippen molar-refractivity contribution in [2.75, 3.05) is 71.0 Å². The second kappa shape index (κ2) is 41.2. The number of carbonyl (C=O) groups is 3. The fourth-order valence-electron chi connectivity index (χ4n) is 14.2. The number of carbonyl (C=O) groups excluding carboxylic acids is 2. The second-order valence-corrected chi connectivity index (χ2v) is 32.0. The van der Waals surface area contributed by atoms with Crippen molar-refractivity contribution in [1.82, 2.24) is 78.1 Å². The number of alkyl halides is 4. The maximum atomic E-state index is 18.2. The van der Waals surface area contributed by atoms with E-state index in [1.54, 1.807) is 87.0 Å². The molecule has 12 heterocycles. The van der Waals surface area contributed by atoms with Gasteiger partial charge in [0.25, 0.3) is 17.1 Å². The molecular weight excluding hydrogens is 1740 g/mol. The second-order valence-electron chi connectivity index (χ2n) is 29.7. The van der Waals surface area contributed by atoms with Crippen LogP contribution in [0.1, 0.15) is 101 Å². The van der Waals surface area contributed by atoms with E-state index in [9.17, 15) is 29.4 Å². The van der Waals surface area contributed by atoms with E-state index in [0.29, 0.717) is 61.9 Å². The smallest absolute Gasteiger partial charge is 0.300 e. The number of halogens is 4. The summed E-state index contributed by atoms with van der Waals surface area (Å²) in [5, 5.41) is 33.5. The molecule has 0 saturated carbocycles. The van der Waals surface area contributed by atoms with Crippen LogP contribution in [-0.4, -0.2) is 260 Å². The first kappa shape index (κ1) is 95.2. The standard InChI is InChI=1S/C50H56BF2N10O10P.C28H36BF2N10O9P.C2H4O2/c1-8-35-42(38(53)48(70-35)63-27-58-40-44(63)59-49(61-46(40)65)60-45(64)28(2)3)73-74(51,68-23-22-54-5)69-24-36-41(37(52)47(71-36)62-26-57-39-29(4)55-25-56-43(39)62)72-50(30-12-10-9-11-13-30,31-14-18-33(66-6)19-15-31)32-16-20-34(67-7)21-17-32;1-12(2)24(44)38-28-37-23-19(25(45)39-28)36-11-41(23)27-17(31)21(14(7-42)48-27)50-51(29,46-6-5-32-4)47-8-15-20(43)16(30)26(49-15)40-10-35-18-13(3)33-9-34-22(18)40;1-2(3)4/h9-21,25-28,35-38,41-42,47-48H,8,22-24H2,1-4,6-7,51H3,(H2,59,60,61,64,65);9-12,14-17,20-21,26-27,42-43H,5-8H2,1-3,29H3,(H2,37,38,39,44,45);1H3,(H,3,4)/t35-,36-,37+,38+,41?,42?,47-,48-,74?;14-,15-,16+,17+,20?,21?,26-,27-,51?;/m11./s1. The fourth-order valence-corrected chi connectivity index (χ4v) is 16.5. The summed E-state index contributed by atoms with van der Waals surface area (Å²) >= 11 is 0. The Morgan fingerprint density at radius 3 is 1.35 bits per heavy atom.